The van der Waals surface area contributed by atoms with Crippen LogP contribution in [0.4, 0.5) is 0 Å². The highest BCUT2D eigenvalue weighted by atomic mass is 32.2. The van der Waals surface area contributed by atoms with Crippen LogP contribution in [0.5, 0.6) is 0 Å². The molecule has 1 saturated carbocycles. The maximum Gasteiger partial charge on any atom is 0.0164 e. The Morgan fingerprint density at radius 3 is 2.53 bits per heavy atom. The molecular weight excluding hydrogens is 220 g/mol. The van der Waals surface area contributed by atoms with Crippen LogP contribution in [0.25, 0.3) is 0 Å². The summed E-state index contributed by atoms with van der Waals surface area (Å²) >= 11 is 6.88. The summed E-state index contributed by atoms with van der Waals surface area (Å²) in [5.74, 6) is 1.37. The summed E-state index contributed by atoms with van der Waals surface area (Å²) in [6, 6.07) is 0. The minimum absolute atomic E-state index is 0.680. The van der Waals surface area contributed by atoms with Crippen LogP contribution in [0.1, 0.15) is 64.7 Å². The van der Waals surface area contributed by atoms with Crippen LogP contribution in [0.3, 0.4) is 0 Å². The molecule has 0 nitrogen and oxygen atoms in total. The molecule has 90 valence electrons. The van der Waals surface area contributed by atoms with Crippen molar-refractivity contribution in [3.8, 4) is 0 Å². The average Bonchev–Trinajstić information content (AvgIpc) is 2.25. The lowest BCUT2D eigenvalue weighted by atomic mass is 10.00. The number of thiol groups is 1. The van der Waals surface area contributed by atoms with Crippen molar-refractivity contribution in [3.63, 3.8) is 0 Å². The number of unbranched alkanes of at least 4 members (excludes halogenated alkanes) is 4. The maximum absolute atomic E-state index is 4.69. The first kappa shape index (κ1) is 13.8. The van der Waals surface area contributed by atoms with E-state index in [1.54, 1.807) is 0 Å². The lowest BCUT2D eigenvalue weighted by Gasteiger charge is -2.27. The molecule has 15 heavy (non-hydrogen) atoms. The van der Waals surface area contributed by atoms with Gasteiger partial charge < -0.3 is 0 Å². The summed E-state index contributed by atoms with van der Waals surface area (Å²) in [4.78, 5) is 0. The van der Waals surface area contributed by atoms with Gasteiger partial charge in [-0.05, 0) is 25.0 Å². The van der Waals surface area contributed by atoms with E-state index in [0.717, 1.165) is 5.25 Å². The van der Waals surface area contributed by atoms with Crippen molar-refractivity contribution in [3.05, 3.63) is 0 Å². The van der Waals surface area contributed by atoms with Crippen LogP contribution in [0.2, 0.25) is 0 Å². The summed E-state index contributed by atoms with van der Waals surface area (Å²) in [5.41, 5.74) is 0. The van der Waals surface area contributed by atoms with Crippen molar-refractivity contribution in [2.45, 2.75) is 75.2 Å². The first-order chi connectivity index (χ1) is 7.34. The number of hydrogen-bond donors (Lipinski definition) is 1. The summed E-state index contributed by atoms with van der Waals surface area (Å²) in [7, 11) is 0. The minimum Gasteiger partial charge on any atom is -0.175 e. The Balaban J connectivity index is 1.94. The molecule has 0 aromatic carbocycles. The quantitative estimate of drug-likeness (QED) is 0.491. The van der Waals surface area contributed by atoms with Crippen LogP contribution >= 0.6 is 24.4 Å². The Bertz CT molecular complexity index is 147. The predicted octanol–water partition coefficient (Wildman–Crippen LogP) is 4.93. The third kappa shape index (κ3) is 6.11. The van der Waals surface area contributed by atoms with Gasteiger partial charge in [-0.2, -0.15) is 24.4 Å². The molecular formula is C13H26S2. The highest BCUT2D eigenvalue weighted by Crippen LogP contribution is 2.32. The molecule has 1 fully saturated rings. The highest BCUT2D eigenvalue weighted by molar-refractivity contribution is 8.00. The zero-order valence-electron chi connectivity index (χ0n) is 10.1. The molecule has 1 aliphatic rings. The fourth-order valence-electron chi connectivity index (χ4n) is 2.21. The summed E-state index contributed by atoms with van der Waals surface area (Å²) in [6.45, 7) is 2.28. The Kier molecular flexibility index (Phi) is 8.08. The van der Waals surface area contributed by atoms with Crippen molar-refractivity contribution >= 4 is 24.4 Å². The van der Waals surface area contributed by atoms with Gasteiger partial charge in [-0.3, -0.25) is 0 Å². The van der Waals surface area contributed by atoms with Crippen molar-refractivity contribution < 1.29 is 0 Å². The zero-order valence-corrected chi connectivity index (χ0v) is 11.8. The van der Waals surface area contributed by atoms with Gasteiger partial charge in [-0.15, -0.1) is 0 Å². The zero-order chi connectivity index (χ0) is 10.9. The van der Waals surface area contributed by atoms with Crippen molar-refractivity contribution in [2.24, 2.45) is 0 Å². The Morgan fingerprint density at radius 2 is 1.80 bits per heavy atom. The van der Waals surface area contributed by atoms with Crippen molar-refractivity contribution in [2.75, 3.05) is 5.75 Å². The van der Waals surface area contributed by atoms with E-state index in [0.29, 0.717) is 5.25 Å². The largest absolute Gasteiger partial charge is 0.175 e. The van der Waals surface area contributed by atoms with Crippen molar-refractivity contribution in [1.29, 1.82) is 0 Å². The van der Waals surface area contributed by atoms with E-state index < -0.39 is 0 Å². The normalized spacial score (nSPS) is 26.8. The van der Waals surface area contributed by atoms with E-state index in [-0.39, 0.29) is 0 Å². The standard InChI is InChI=1S/C13H26S2/c1-2-3-4-5-8-11-15-13-10-7-6-9-12(13)14/h12-14H,2-11H2,1H3. The molecule has 2 atom stereocenters. The topological polar surface area (TPSA) is 0 Å². The van der Waals surface area contributed by atoms with Gasteiger partial charge in [0, 0.05) is 10.5 Å². The SMILES string of the molecule is CCCCCCCSC1CCCCC1S. The Hall–Kier alpha value is 0.700. The second-order valence-electron chi connectivity index (χ2n) is 4.68. The van der Waals surface area contributed by atoms with E-state index >= 15 is 0 Å². The smallest absolute Gasteiger partial charge is 0.0164 e. The van der Waals surface area contributed by atoms with Crippen LogP contribution in [-0.2, 0) is 0 Å². The van der Waals surface area contributed by atoms with Crippen molar-refractivity contribution in [1.82, 2.24) is 0 Å². The Morgan fingerprint density at radius 1 is 1.07 bits per heavy atom. The maximum atomic E-state index is 4.69. The number of hydrogen-bond acceptors (Lipinski definition) is 2. The molecule has 0 spiro atoms. The second-order valence-corrected chi connectivity index (χ2v) is 6.69. The summed E-state index contributed by atoms with van der Waals surface area (Å²) in [5, 5.41) is 1.53. The minimum atomic E-state index is 0.680. The van der Waals surface area contributed by atoms with Crippen LogP contribution < -0.4 is 0 Å². The first-order valence-corrected chi connectivity index (χ1v) is 8.20. The van der Waals surface area contributed by atoms with Crippen LogP contribution in [-0.4, -0.2) is 16.3 Å². The highest BCUT2D eigenvalue weighted by Gasteiger charge is 2.21. The van der Waals surface area contributed by atoms with Crippen LogP contribution in [0.15, 0.2) is 0 Å². The van der Waals surface area contributed by atoms with Gasteiger partial charge in [0.2, 0.25) is 0 Å². The van der Waals surface area contributed by atoms with E-state index in [4.69, 9.17) is 12.6 Å². The number of thioether (sulfide) groups is 1. The lowest BCUT2D eigenvalue weighted by Crippen LogP contribution is -2.22. The van der Waals surface area contributed by atoms with E-state index in [9.17, 15) is 0 Å². The van der Waals surface area contributed by atoms with Gasteiger partial charge in [-0.1, -0.05) is 45.4 Å². The van der Waals surface area contributed by atoms with E-state index in [1.165, 1.54) is 63.5 Å². The molecule has 2 heteroatoms. The average molecular weight is 246 g/mol. The fourth-order valence-corrected chi connectivity index (χ4v) is 4.17. The fraction of sp³-hybridized carbons (Fsp3) is 1.00. The molecule has 0 amide bonds. The molecule has 0 aromatic heterocycles. The van der Waals surface area contributed by atoms with Gasteiger partial charge in [0.15, 0.2) is 0 Å². The summed E-state index contributed by atoms with van der Waals surface area (Å²) < 4.78 is 0. The summed E-state index contributed by atoms with van der Waals surface area (Å²) in [6.07, 6.45) is 12.7. The molecule has 0 aromatic rings. The molecule has 0 N–H and O–H groups in total. The molecule has 1 rings (SSSR count). The third-order valence-electron chi connectivity index (χ3n) is 3.25. The van der Waals surface area contributed by atoms with Gasteiger partial charge in [0.1, 0.15) is 0 Å². The predicted molar refractivity (Wildman–Crippen MR) is 76.2 cm³/mol. The lowest BCUT2D eigenvalue weighted by molar-refractivity contribution is 0.529. The molecule has 0 bridgehead atoms. The van der Waals surface area contributed by atoms with Gasteiger partial charge in [-0.25, -0.2) is 0 Å². The van der Waals surface area contributed by atoms with E-state index in [2.05, 4.69) is 18.7 Å². The van der Waals surface area contributed by atoms with Gasteiger partial charge >= 0.3 is 0 Å². The third-order valence-corrected chi connectivity index (χ3v) is 5.58. The number of rotatable bonds is 7. The first-order valence-electron chi connectivity index (χ1n) is 6.64. The molecule has 2 unspecified atom stereocenters. The van der Waals surface area contributed by atoms with E-state index in [1.807, 2.05) is 0 Å². The van der Waals surface area contributed by atoms with Gasteiger partial charge in [0.05, 0.1) is 0 Å². The molecule has 0 aliphatic heterocycles. The van der Waals surface area contributed by atoms with Gasteiger partial charge in [0.25, 0.3) is 0 Å². The molecule has 0 radical (unpaired) electrons. The molecule has 0 saturated heterocycles. The Labute approximate surface area is 105 Å². The second kappa shape index (κ2) is 8.81. The monoisotopic (exact) mass is 246 g/mol. The van der Waals surface area contributed by atoms with Crippen LogP contribution in [0, 0.1) is 0 Å². The molecule has 1 aliphatic carbocycles. The molecule has 0 heterocycles.